The number of carbonyl (C=O) groups excluding carboxylic acids is 2. The second kappa shape index (κ2) is 12.1. The van der Waals surface area contributed by atoms with Crippen LogP contribution in [0.15, 0.2) is 72.8 Å². The Morgan fingerprint density at radius 3 is 2.49 bits per heavy atom. The van der Waals surface area contributed by atoms with Crippen molar-refractivity contribution in [1.29, 1.82) is 0 Å². The Morgan fingerprint density at radius 2 is 1.81 bits per heavy atom. The van der Waals surface area contributed by atoms with Crippen LogP contribution in [0, 0.1) is 11.7 Å². The number of likely N-dealkylation sites (tertiary alicyclic amines) is 1. The number of amides is 2. The van der Waals surface area contributed by atoms with Gasteiger partial charge in [0.05, 0.1) is 7.11 Å². The van der Waals surface area contributed by atoms with Crippen LogP contribution in [0.3, 0.4) is 0 Å². The van der Waals surface area contributed by atoms with Crippen molar-refractivity contribution in [3.63, 3.8) is 0 Å². The summed E-state index contributed by atoms with van der Waals surface area (Å²) in [7, 11) is 3.15. The van der Waals surface area contributed by atoms with Crippen molar-refractivity contribution >= 4 is 23.4 Å². The molecule has 1 fully saturated rings. The average Bonchev–Trinajstić information content (AvgIpc) is 2.91. The van der Waals surface area contributed by atoms with E-state index in [2.05, 4.69) is 0 Å². The van der Waals surface area contributed by atoms with Crippen LogP contribution in [0.5, 0.6) is 11.5 Å². The van der Waals surface area contributed by atoms with E-state index in [0.717, 1.165) is 5.56 Å². The average molecular weight is 525 g/mol. The van der Waals surface area contributed by atoms with Gasteiger partial charge in [-0.3, -0.25) is 9.59 Å². The third-order valence-electron chi connectivity index (χ3n) is 6.58. The summed E-state index contributed by atoms with van der Waals surface area (Å²) in [5.41, 5.74) is 1.27. The molecule has 0 radical (unpaired) electrons. The second-order valence-electron chi connectivity index (χ2n) is 9.20. The lowest BCUT2D eigenvalue weighted by Crippen LogP contribution is -2.49. The van der Waals surface area contributed by atoms with Gasteiger partial charge in [-0.05, 0) is 48.0 Å². The first-order valence-corrected chi connectivity index (χ1v) is 12.5. The first-order valence-electron chi connectivity index (χ1n) is 12.2. The van der Waals surface area contributed by atoms with Crippen LogP contribution in [0.1, 0.15) is 28.8 Å². The molecule has 37 heavy (non-hydrogen) atoms. The van der Waals surface area contributed by atoms with Crippen LogP contribution in [-0.4, -0.2) is 55.0 Å². The lowest BCUT2D eigenvalue weighted by atomic mass is 9.90. The number of carbonyl (C=O) groups is 2. The summed E-state index contributed by atoms with van der Waals surface area (Å²) in [6, 6.07) is 21.0. The Kier molecular flexibility index (Phi) is 8.66. The molecule has 0 N–H and O–H groups in total. The summed E-state index contributed by atoms with van der Waals surface area (Å²) < 4.78 is 25.5. The van der Waals surface area contributed by atoms with Crippen LogP contribution in [-0.2, 0) is 11.3 Å². The van der Waals surface area contributed by atoms with Gasteiger partial charge >= 0.3 is 0 Å². The molecule has 6 nitrogen and oxygen atoms in total. The Labute approximate surface area is 221 Å². The number of nitrogens with zero attached hydrogens (tertiary/aromatic N) is 2. The monoisotopic (exact) mass is 524 g/mol. The molecule has 0 saturated carbocycles. The van der Waals surface area contributed by atoms with E-state index in [9.17, 15) is 14.0 Å². The molecule has 0 unspecified atom stereocenters. The predicted molar refractivity (Wildman–Crippen MR) is 140 cm³/mol. The number of ether oxygens (including phenoxy) is 2. The van der Waals surface area contributed by atoms with Gasteiger partial charge in [-0.1, -0.05) is 41.9 Å². The Morgan fingerprint density at radius 1 is 1.08 bits per heavy atom. The topological polar surface area (TPSA) is 59.1 Å². The maximum absolute atomic E-state index is 14.3. The number of benzene rings is 3. The molecule has 3 aromatic carbocycles. The highest BCUT2D eigenvalue weighted by molar-refractivity contribution is 6.30. The number of rotatable bonds is 8. The number of hydrogen-bond donors (Lipinski definition) is 0. The maximum atomic E-state index is 14.3. The zero-order chi connectivity index (χ0) is 26.4. The van der Waals surface area contributed by atoms with Crippen LogP contribution in [0.25, 0.3) is 0 Å². The molecule has 2 amide bonds. The quantitative estimate of drug-likeness (QED) is 0.393. The van der Waals surface area contributed by atoms with Gasteiger partial charge in [0, 0.05) is 56.0 Å². The normalized spacial score (nSPS) is 17.2. The summed E-state index contributed by atoms with van der Waals surface area (Å²) in [5, 5.41) is 0.605. The van der Waals surface area contributed by atoms with Gasteiger partial charge in [-0.15, -0.1) is 0 Å². The van der Waals surface area contributed by atoms with Crippen molar-refractivity contribution in [1.82, 2.24) is 9.80 Å². The van der Waals surface area contributed by atoms with Gasteiger partial charge in [0.1, 0.15) is 11.9 Å². The lowest BCUT2D eigenvalue weighted by molar-refractivity contribution is -0.132. The van der Waals surface area contributed by atoms with E-state index in [1.165, 1.54) is 19.2 Å². The molecule has 1 aliphatic heterocycles. The standard InChI is InChI=1S/C29H30ClFN2O4/c1-32(18-20-6-4-3-5-7-20)28(34)17-22-19-33(29(35)21-8-13-27(36-2)25(31)16-21)15-14-26(22)37-24-11-9-23(30)10-12-24/h3-13,16,22,26H,14-15,17-19H2,1-2H3/t22-,26-/m0/s1. The van der Waals surface area contributed by atoms with Crippen molar-refractivity contribution in [2.75, 3.05) is 27.2 Å². The van der Waals surface area contributed by atoms with Crippen molar-refractivity contribution in [3.8, 4) is 11.5 Å². The lowest BCUT2D eigenvalue weighted by Gasteiger charge is -2.39. The molecule has 0 aliphatic carbocycles. The molecule has 0 aromatic heterocycles. The molecule has 3 aromatic rings. The summed E-state index contributed by atoms with van der Waals surface area (Å²) in [6.45, 7) is 1.23. The van der Waals surface area contributed by atoms with E-state index in [-0.39, 0.29) is 41.6 Å². The molecule has 194 valence electrons. The minimum absolute atomic E-state index is 0.0386. The number of piperidine rings is 1. The number of hydrogen-bond acceptors (Lipinski definition) is 4. The van der Waals surface area contributed by atoms with E-state index in [0.29, 0.717) is 36.8 Å². The number of methoxy groups -OCH3 is 1. The highest BCUT2D eigenvalue weighted by Crippen LogP contribution is 2.29. The first kappa shape index (κ1) is 26.5. The van der Waals surface area contributed by atoms with Gasteiger partial charge in [0.15, 0.2) is 11.6 Å². The van der Waals surface area contributed by atoms with Gasteiger partial charge in [0.25, 0.3) is 5.91 Å². The van der Waals surface area contributed by atoms with Crippen molar-refractivity contribution < 1.29 is 23.5 Å². The van der Waals surface area contributed by atoms with Gasteiger partial charge in [-0.2, -0.15) is 0 Å². The molecular formula is C29H30ClFN2O4. The minimum atomic E-state index is -0.594. The molecule has 1 saturated heterocycles. The molecule has 4 rings (SSSR count). The largest absolute Gasteiger partial charge is 0.494 e. The molecule has 1 heterocycles. The zero-order valence-corrected chi connectivity index (χ0v) is 21.7. The van der Waals surface area contributed by atoms with Gasteiger partial charge in [0.2, 0.25) is 5.91 Å². The van der Waals surface area contributed by atoms with E-state index in [4.69, 9.17) is 21.1 Å². The van der Waals surface area contributed by atoms with Crippen molar-refractivity contribution in [2.45, 2.75) is 25.5 Å². The Balaban J connectivity index is 1.49. The van der Waals surface area contributed by atoms with E-state index in [1.807, 2.05) is 30.3 Å². The van der Waals surface area contributed by atoms with E-state index < -0.39 is 5.82 Å². The smallest absolute Gasteiger partial charge is 0.253 e. The predicted octanol–water partition coefficient (Wildman–Crippen LogP) is 5.45. The summed E-state index contributed by atoms with van der Waals surface area (Å²) >= 11 is 6.01. The fourth-order valence-electron chi connectivity index (χ4n) is 4.54. The molecule has 0 spiro atoms. The summed E-state index contributed by atoms with van der Waals surface area (Å²) in [5.74, 6) is -0.436. The molecule has 2 atom stereocenters. The summed E-state index contributed by atoms with van der Waals surface area (Å²) in [4.78, 5) is 29.8. The number of halogens is 2. The van der Waals surface area contributed by atoms with Gasteiger partial charge < -0.3 is 19.3 Å². The Hall–Kier alpha value is -3.58. The van der Waals surface area contributed by atoms with Crippen LogP contribution >= 0.6 is 11.6 Å². The third kappa shape index (κ3) is 6.80. The van der Waals surface area contributed by atoms with Crippen LogP contribution in [0.2, 0.25) is 5.02 Å². The van der Waals surface area contributed by atoms with Crippen LogP contribution in [0.4, 0.5) is 4.39 Å². The summed E-state index contributed by atoms with van der Waals surface area (Å²) in [6.07, 6.45) is 0.474. The molecular weight excluding hydrogens is 495 g/mol. The highest BCUT2D eigenvalue weighted by Gasteiger charge is 2.35. The second-order valence-corrected chi connectivity index (χ2v) is 9.64. The first-order chi connectivity index (χ1) is 17.8. The SMILES string of the molecule is COc1ccc(C(=O)N2CC[C@H](Oc3ccc(Cl)cc3)[C@@H](CC(=O)N(C)Cc3ccccc3)C2)cc1F. The van der Waals surface area contributed by atoms with E-state index >= 15 is 0 Å². The van der Waals surface area contributed by atoms with Crippen LogP contribution < -0.4 is 9.47 Å². The molecule has 1 aliphatic rings. The van der Waals surface area contributed by atoms with Crippen molar-refractivity contribution in [3.05, 3.63) is 94.8 Å². The maximum Gasteiger partial charge on any atom is 0.253 e. The molecule has 0 bridgehead atoms. The third-order valence-corrected chi connectivity index (χ3v) is 6.83. The van der Waals surface area contributed by atoms with E-state index in [1.54, 1.807) is 47.2 Å². The van der Waals surface area contributed by atoms with Gasteiger partial charge in [-0.25, -0.2) is 4.39 Å². The Bertz CT molecular complexity index is 1220. The zero-order valence-electron chi connectivity index (χ0n) is 20.9. The fourth-order valence-corrected chi connectivity index (χ4v) is 4.67. The highest BCUT2D eigenvalue weighted by atomic mass is 35.5. The minimum Gasteiger partial charge on any atom is -0.494 e. The fraction of sp³-hybridized carbons (Fsp3) is 0.310. The van der Waals surface area contributed by atoms with Crippen molar-refractivity contribution in [2.24, 2.45) is 5.92 Å². The molecule has 8 heteroatoms.